The number of rotatable bonds is 8. The van der Waals surface area contributed by atoms with Crippen molar-refractivity contribution in [2.75, 3.05) is 20.3 Å². The number of methoxy groups -OCH3 is 1. The molecule has 0 unspecified atom stereocenters. The Kier molecular flexibility index (Phi) is 5.37. The van der Waals surface area contributed by atoms with Gasteiger partial charge in [-0.2, -0.15) is 0 Å². The molecule has 108 valence electrons. The molecule has 0 spiro atoms. The quantitative estimate of drug-likeness (QED) is 0.740. The van der Waals surface area contributed by atoms with Gasteiger partial charge in [-0.1, -0.05) is 11.3 Å². The average Bonchev–Trinajstić information content (AvgIpc) is 2.97. The van der Waals surface area contributed by atoms with Crippen molar-refractivity contribution in [2.24, 2.45) is 0 Å². The Morgan fingerprint density at radius 2 is 2.20 bits per heavy atom. The van der Waals surface area contributed by atoms with Crippen LogP contribution in [0.4, 0.5) is 0 Å². The highest BCUT2D eigenvalue weighted by atomic mass is 16.5. The summed E-state index contributed by atoms with van der Waals surface area (Å²) in [5, 5.41) is 11.0. The van der Waals surface area contributed by atoms with Crippen molar-refractivity contribution in [1.82, 2.24) is 20.3 Å². The normalized spacial score (nSPS) is 10.5. The molecule has 0 atom stereocenters. The smallest absolute Gasteiger partial charge is 0.161 e. The van der Waals surface area contributed by atoms with Crippen LogP contribution in [0.1, 0.15) is 12.5 Å². The molecular weight excluding hydrogens is 256 g/mol. The van der Waals surface area contributed by atoms with Crippen molar-refractivity contribution >= 4 is 0 Å². The summed E-state index contributed by atoms with van der Waals surface area (Å²) >= 11 is 0. The van der Waals surface area contributed by atoms with Crippen molar-refractivity contribution in [1.29, 1.82) is 0 Å². The molecular formula is C14H20N4O2. The molecule has 1 heterocycles. The van der Waals surface area contributed by atoms with Crippen molar-refractivity contribution in [3.8, 4) is 11.5 Å². The highest BCUT2D eigenvalue weighted by molar-refractivity contribution is 5.42. The largest absolute Gasteiger partial charge is 0.493 e. The highest BCUT2D eigenvalue weighted by Gasteiger charge is 2.05. The van der Waals surface area contributed by atoms with Crippen LogP contribution >= 0.6 is 0 Å². The third-order valence-electron chi connectivity index (χ3n) is 2.85. The van der Waals surface area contributed by atoms with Crippen LogP contribution in [0.25, 0.3) is 0 Å². The Hall–Kier alpha value is -2.08. The fourth-order valence-electron chi connectivity index (χ4n) is 1.88. The zero-order chi connectivity index (χ0) is 14.2. The van der Waals surface area contributed by atoms with Crippen LogP contribution in [0.3, 0.4) is 0 Å². The SMILES string of the molecule is CCOc1cc(CNCCn2ccnn2)ccc1OC. The maximum Gasteiger partial charge on any atom is 0.161 e. The lowest BCUT2D eigenvalue weighted by Gasteiger charge is -2.11. The molecule has 0 fully saturated rings. The van der Waals surface area contributed by atoms with Crippen LogP contribution in [0.15, 0.2) is 30.6 Å². The van der Waals surface area contributed by atoms with Gasteiger partial charge in [0.15, 0.2) is 11.5 Å². The van der Waals surface area contributed by atoms with Gasteiger partial charge in [-0.15, -0.1) is 5.10 Å². The lowest BCUT2D eigenvalue weighted by atomic mass is 10.2. The third-order valence-corrected chi connectivity index (χ3v) is 2.85. The van der Waals surface area contributed by atoms with Gasteiger partial charge < -0.3 is 14.8 Å². The van der Waals surface area contributed by atoms with E-state index in [1.165, 1.54) is 0 Å². The highest BCUT2D eigenvalue weighted by Crippen LogP contribution is 2.27. The molecule has 20 heavy (non-hydrogen) atoms. The monoisotopic (exact) mass is 276 g/mol. The fraction of sp³-hybridized carbons (Fsp3) is 0.429. The Balaban J connectivity index is 1.84. The second kappa shape index (κ2) is 7.49. The van der Waals surface area contributed by atoms with E-state index in [0.29, 0.717) is 6.61 Å². The first-order valence-electron chi connectivity index (χ1n) is 6.68. The maximum atomic E-state index is 5.56. The number of nitrogens with one attached hydrogen (secondary N) is 1. The third kappa shape index (κ3) is 3.96. The van der Waals surface area contributed by atoms with Gasteiger partial charge in [0.25, 0.3) is 0 Å². The number of benzene rings is 1. The van der Waals surface area contributed by atoms with Gasteiger partial charge in [-0.25, -0.2) is 0 Å². The number of nitrogens with zero attached hydrogens (tertiary/aromatic N) is 3. The molecule has 1 aromatic carbocycles. The summed E-state index contributed by atoms with van der Waals surface area (Å²) in [5.41, 5.74) is 1.16. The summed E-state index contributed by atoms with van der Waals surface area (Å²) in [6.45, 7) is 4.99. The number of ether oxygens (including phenoxy) is 2. The van der Waals surface area contributed by atoms with Crippen molar-refractivity contribution in [3.05, 3.63) is 36.2 Å². The molecule has 0 saturated carbocycles. The zero-order valence-electron chi connectivity index (χ0n) is 11.9. The van der Waals surface area contributed by atoms with E-state index < -0.39 is 0 Å². The standard InChI is InChI=1S/C14H20N4O2/c1-3-20-14-10-12(4-5-13(14)19-2)11-15-6-8-18-9-7-16-17-18/h4-5,7,9-10,15H,3,6,8,11H2,1-2H3. The minimum absolute atomic E-state index is 0.625. The van der Waals surface area contributed by atoms with E-state index in [1.807, 2.05) is 31.3 Å². The lowest BCUT2D eigenvalue weighted by molar-refractivity contribution is 0.310. The van der Waals surface area contributed by atoms with E-state index in [2.05, 4.69) is 15.6 Å². The van der Waals surface area contributed by atoms with E-state index in [-0.39, 0.29) is 0 Å². The number of hydrogen-bond acceptors (Lipinski definition) is 5. The minimum Gasteiger partial charge on any atom is -0.493 e. The van der Waals surface area contributed by atoms with Crippen LogP contribution < -0.4 is 14.8 Å². The fourth-order valence-corrected chi connectivity index (χ4v) is 1.88. The van der Waals surface area contributed by atoms with Crippen molar-refractivity contribution < 1.29 is 9.47 Å². The van der Waals surface area contributed by atoms with E-state index in [1.54, 1.807) is 18.0 Å². The summed E-state index contributed by atoms with van der Waals surface area (Å²) in [5.74, 6) is 1.55. The summed E-state index contributed by atoms with van der Waals surface area (Å²) in [6.07, 6.45) is 3.53. The molecule has 1 N–H and O–H groups in total. The van der Waals surface area contributed by atoms with Crippen LogP contribution in [0.2, 0.25) is 0 Å². The molecule has 0 saturated heterocycles. The average molecular weight is 276 g/mol. The first-order chi connectivity index (χ1) is 9.83. The topological polar surface area (TPSA) is 61.2 Å². The zero-order valence-corrected chi connectivity index (χ0v) is 11.9. The Morgan fingerprint density at radius 1 is 1.30 bits per heavy atom. The molecule has 0 aliphatic carbocycles. The molecule has 6 nitrogen and oxygen atoms in total. The van der Waals surface area contributed by atoms with Crippen LogP contribution in [0.5, 0.6) is 11.5 Å². The molecule has 0 radical (unpaired) electrons. The molecule has 2 rings (SSSR count). The lowest BCUT2D eigenvalue weighted by Crippen LogP contribution is -2.19. The minimum atomic E-state index is 0.625. The van der Waals surface area contributed by atoms with Crippen molar-refractivity contribution in [2.45, 2.75) is 20.0 Å². The number of aromatic nitrogens is 3. The molecule has 1 aromatic heterocycles. The molecule has 2 aromatic rings. The molecule has 0 bridgehead atoms. The molecule has 0 amide bonds. The van der Waals surface area contributed by atoms with Gasteiger partial charge >= 0.3 is 0 Å². The second-order valence-corrected chi connectivity index (χ2v) is 4.26. The van der Waals surface area contributed by atoms with Gasteiger partial charge in [-0.05, 0) is 24.6 Å². The van der Waals surface area contributed by atoms with E-state index >= 15 is 0 Å². The second-order valence-electron chi connectivity index (χ2n) is 4.26. The summed E-state index contributed by atoms with van der Waals surface area (Å²) in [4.78, 5) is 0. The van der Waals surface area contributed by atoms with Gasteiger partial charge in [0, 0.05) is 19.3 Å². The Labute approximate surface area is 118 Å². The van der Waals surface area contributed by atoms with Gasteiger partial charge in [0.05, 0.1) is 26.5 Å². The van der Waals surface area contributed by atoms with E-state index in [0.717, 1.165) is 36.7 Å². The first-order valence-corrected chi connectivity index (χ1v) is 6.68. The van der Waals surface area contributed by atoms with Crippen LogP contribution in [-0.2, 0) is 13.1 Å². The molecule has 0 aliphatic heterocycles. The number of hydrogen-bond donors (Lipinski definition) is 1. The van der Waals surface area contributed by atoms with Gasteiger partial charge in [-0.3, -0.25) is 4.68 Å². The maximum absolute atomic E-state index is 5.56. The van der Waals surface area contributed by atoms with Crippen molar-refractivity contribution in [3.63, 3.8) is 0 Å². The summed E-state index contributed by atoms with van der Waals surface area (Å²) < 4.78 is 12.6. The van der Waals surface area contributed by atoms with Gasteiger partial charge in [0.2, 0.25) is 0 Å². The predicted molar refractivity (Wildman–Crippen MR) is 75.9 cm³/mol. The molecule has 6 heteroatoms. The van der Waals surface area contributed by atoms with E-state index in [4.69, 9.17) is 9.47 Å². The first kappa shape index (κ1) is 14.3. The van der Waals surface area contributed by atoms with Gasteiger partial charge in [0.1, 0.15) is 0 Å². The molecule has 0 aliphatic rings. The summed E-state index contributed by atoms with van der Waals surface area (Å²) in [7, 11) is 1.65. The summed E-state index contributed by atoms with van der Waals surface area (Å²) in [6, 6.07) is 5.97. The predicted octanol–water partition coefficient (Wildman–Crippen LogP) is 1.48. The van der Waals surface area contributed by atoms with E-state index in [9.17, 15) is 0 Å². The Morgan fingerprint density at radius 3 is 2.90 bits per heavy atom. The van der Waals surface area contributed by atoms with Crippen LogP contribution in [0, 0.1) is 0 Å². The van der Waals surface area contributed by atoms with Crippen LogP contribution in [-0.4, -0.2) is 35.3 Å². The Bertz CT molecular complexity index is 514.